The first-order valence-corrected chi connectivity index (χ1v) is 10.3. The van der Waals surface area contributed by atoms with E-state index in [1.54, 1.807) is 0 Å². The molecule has 5 heteroatoms. The number of carbonyl (C=O) groups is 3. The maximum atomic E-state index is 14.1. The Kier molecular flexibility index (Phi) is 3.16. The van der Waals surface area contributed by atoms with Gasteiger partial charge in [-0.25, -0.2) is 0 Å². The molecule has 2 aliphatic carbocycles. The number of fused-ring (bicyclic) bond motifs is 3. The van der Waals surface area contributed by atoms with Gasteiger partial charge in [0.1, 0.15) is 16.9 Å². The second-order valence-electron chi connectivity index (χ2n) is 8.38. The average Bonchev–Trinajstić information content (AvgIpc) is 2.94. The fourth-order valence-corrected chi connectivity index (χ4v) is 5.90. The molecule has 5 aliphatic rings. The number of hydrogen-bond acceptors (Lipinski definition) is 4. The Balaban J connectivity index is 1.75. The van der Waals surface area contributed by atoms with Gasteiger partial charge in [-0.05, 0) is 31.2 Å². The van der Waals surface area contributed by atoms with Gasteiger partial charge in [0, 0.05) is 37.8 Å². The van der Waals surface area contributed by atoms with E-state index < -0.39 is 5.41 Å². The molecule has 28 heavy (non-hydrogen) atoms. The first-order chi connectivity index (χ1) is 13.6. The molecule has 1 aromatic rings. The van der Waals surface area contributed by atoms with E-state index in [1.165, 1.54) is 0 Å². The van der Waals surface area contributed by atoms with Crippen molar-refractivity contribution in [2.75, 3.05) is 11.4 Å². The van der Waals surface area contributed by atoms with Crippen molar-refractivity contribution in [2.24, 2.45) is 0 Å². The van der Waals surface area contributed by atoms with Crippen molar-refractivity contribution in [2.45, 2.75) is 56.8 Å². The summed E-state index contributed by atoms with van der Waals surface area (Å²) in [5, 5.41) is 0. The minimum absolute atomic E-state index is 0.0445. The topological polar surface area (TPSA) is 63.7 Å². The number of hydrogen-bond donors (Lipinski definition) is 0. The number of nitrogens with zero attached hydrogens (tertiary/aromatic N) is 1. The lowest BCUT2D eigenvalue weighted by Crippen LogP contribution is -2.51. The van der Waals surface area contributed by atoms with Crippen molar-refractivity contribution >= 4 is 23.2 Å². The molecule has 0 fully saturated rings. The summed E-state index contributed by atoms with van der Waals surface area (Å²) in [6.07, 6.45) is 5.39. The predicted octanol–water partition coefficient (Wildman–Crippen LogP) is 3.26. The van der Waals surface area contributed by atoms with E-state index in [0.29, 0.717) is 54.9 Å². The van der Waals surface area contributed by atoms with Gasteiger partial charge in [0.25, 0.3) is 0 Å². The van der Waals surface area contributed by atoms with E-state index in [2.05, 4.69) is 6.07 Å². The van der Waals surface area contributed by atoms with Crippen molar-refractivity contribution in [3.05, 3.63) is 52.0 Å². The second-order valence-corrected chi connectivity index (χ2v) is 8.38. The lowest BCUT2D eigenvalue weighted by molar-refractivity contribution is -0.127. The zero-order valence-electron chi connectivity index (χ0n) is 15.7. The maximum absolute atomic E-state index is 14.1. The summed E-state index contributed by atoms with van der Waals surface area (Å²) in [5.74, 6) is 1.03. The summed E-state index contributed by atoms with van der Waals surface area (Å²) in [6, 6.07) is 5.98. The van der Waals surface area contributed by atoms with E-state index in [4.69, 9.17) is 4.74 Å². The highest BCUT2D eigenvalue weighted by Crippen LogP contribution is 2.59. The molecule has 0 saturated heterocycles. The molecule has 0 saturated carbocycles. The van der Waals surface area contributed by atoms with Crippen molar-refractivity contribution in [1.29, 1.82) is 0 Å². The average molecular weight is 375 g/mol. The smallest absolute Gasteiger partial charge is 0.247 e. The summed E-state index contributed by atoms with van der Waals surface area (Å²) < 4.78 is 6.15. The van der Waals surface area contributed by atoms with Crippen LogP contribution >= 0.6 is 0 Å². The molecule has 0 N–H and O–H groups in total. The Morgan fingerprint density at radius 2 is 1.50 bits per heavy atom. The zero-order chi connectivity index (χ0) is 19.0. The Labute approximate surface area is 163 Å². The summed E-state index contributed by atoms with van der Waals surface area (Å²) >= 11 is 0. The number of benzene rings is 1. The lowest BCUT2D eigenvalue weighted by Gasteiger charge is -2.41. The molecule has 6 rings (SSSR count). The molecule has 0 unspecified atom stereocenters. The number of anilines is 1. The van der Waals surface area contributed by atoms with Crippen molar-refractivity contribution in [1.82, 2.24) is 0 Å². The zero-order valence-corrected chi connectivity index (χ0v) is 15.7. The molecule has 1 spiro atoms. The maximum Gasteiger partial charge on any atom is 0.247 e. The van der Waals surface area contributed by atoms with Crippen LogP contribution in [0.1, 0.15) is 56.1 Å². The number of amides is 1. The third-order valence-electron chi connectivity index (χ3n) is 6.91. The van der Waals surface area contributed by atoms with Gasteiger partial charge in [-0.3, -0.25) is 14.4 Å². The molecule has 0 atom stereocenters. The van der Waals surface area contributed by atoms with Crippen LogP contribution in [-0.4, -0.2) is 24.0 Å². The Hall–Kier alpha value is -2.69. The van der Waals surface area contributed by atoms with Gasteiger partial charge in [0.2, 0.25) is 5.91 Å². The summed E-state index contributed by atoms with van der Waals surface area (Å²) in [6.45, 7) is 0.638. The van der Waals surface area contributed by atoms with Gasteiger partial charge in [0.15, 0.2) is 11.6 Å². The van der Waals surface area contributed by atoms with Gasteiger partial charge in [-0.2, -0.15) is 0 Å². The van der Waals surface area contributed by atoms with Crippen molar-refractivity contribution < 1.29 is 19.1 Å². The van der Waals surface area contributed by atoms with E-state index in [0.717, 1.165) is 42.5 Å². The van der Waals surface area contributed by atoms with Gasteiger partial charge < -0.3 is 9.64 Å². The van der Waals surface area contributed by atoms with E-state index in [9.17, 15) is 14.4 Å². The molecular formula is C23H21NO4. The second kappa shape index (κ2) is 5.43. The minimum atomic E-state index is -1.28. The van der Waals surface area contributed by atoms with Crippen LogP contribution in [0.5, 0.6) is 0 Å². The first kappa shape index (κ1) is 16.3. The van der Waals surface area contributed by atoms with E-state index >= 15 is 0 Å². The van der Waals surface area contributed by atoms with Crippen LogP contribution in [0.15, 0.2) is 40.9 Å². The number of Topliss-reactive ketones (excluding diaryl/α,β-unsaturated/α-hetero) is 2. The number of para-hydroxylation sites is 1. The molecule has 0 aromatic heterocycles. The van der Waals surface area contributed by atoms with Gasteiger partial charge >= 0.3 is 0 Å². The van der Waals surface area contributed by atoms with Crippen LogP contribution in [0.2, 0.25) is 0 Å². The van der Waals surface area contributed by atoms with Crippen molar-refractivity contribution in [3.63, 3.8) is 0 Å². The van der Waals surface area contributed by atoms with Gasteiger partial charge in [-0.1, -0.05) is 18.2 Å². The van der Waals surface area contributed by atoms with Gasteiger partial charge in [-0.15, -0.1) is 0 Å². The number of aryl methyl sites for hydroxylation is 1. The summed E-state index contributed by atoms with van der Waals surface area (Å²) in [4.78, 5) is 42.2. The van der Waals surface area contributed by atoms with Crippen LogP contribution < -0.4 is 4.90 Å². The molecule has 1 amide bonds. The minimum Gasteiger partial charge on any atom is -0.465 e. The number of carbonyl (C=O) groups excluding carboxylic acids is 3. The summed E-state index contributed by atoms with van der Waals surface area (Å²) in [7, 11) is 0. The molecule has 1 aromatic carbocycles. The first-order valence-electron chi connectivity index (χ1n) is 10.3. The molecule has 142 valence electrons. The molecule has 0 radical (unpaired) electrons. The number of rotatable bonds is 0. The fraction of sp³-hybridized carbons (Fsp3) is 0.435. The third-order valence-corrected chi connectivity index (χ3v) is 6.91. The third kappa shape index (κ3) is 1.75. The summed E-state index contributed by atoms with van der Waals surface area (Å²) in [5.41, 5.74) is 2.49. The molecular weight excluding hydrogens is 354 g/mol. The largest absolute Gasteiger partial charge is 0.465 e. The monoisotopic (exact) mass is 375 g/mol. The van der Waals surface area contributed by atoms with Crippen LogP contribution in [0, 0.1) is 0 Å². The predicted molar refractivity (Wildman–Crippen MR) is 102 cm³/mol. The number of ketones is 2. The standard InChI is InChI=1S/C23H21NO4/c25-15-8-2-10-17-19(15)23(20-16(26)9-3-11-18(20)28-17)14-7-1-5-13-6-4-12-24(21(13)14)22(23)27/h1,5,7H,2-4,6,8-12H2. The van der Waals surface area contributed by atoms with Gasteiger partial charge in [0.05, 0.1) is 16.8 Å². The Morgan fingerprint density at radius 1 is 0.821 bits per heavy atom. The highest BCUT2D eigenvalue weighted by atomic mass is 16.5. The SMILES string of the molecule is O=C1CCCC2=C1C1(C(=O)N3CCCc4cccc1c43)C1=C(CCCC1=O)O2. The molecule has 5 nitrogen and oxygen atoms in total. The molecule has 3 heterocycles. The quantitative estimate of drug-likeness (QED) is 0.698. The Morgan fingerprint density at radius 3 is 2.18 bits per heavy atom. The van der Waals surface area contributed by atoms with Crippen LogP contribution in [0.4, 0.5) is 5.69 Å². The number of allylic oxidation sites excluding steroid dienone is 2. The van der Waals surface area contributed by atoms with E-state index in [1.807, 2.05) is 17.0 Å². The van der Waals surface area contributed by atoms with Crippen LogP contribution in [0.3, 0.4) is 0 Å². The highest BCUT2D eigenvalue weighted by Gasteiger charge is 2.63. The Bertz CT molecular complexity index is 1000. The van der Waals surface area contributed by atoms with Crippen molar-refractivity contribution in [3.8, 4) is 0 Å². The molecule has 3 aliphatic heterocycles. The fourth-order valence-electron chi connectivity index (χ4n) is 5.90. The lowest BCUT2D eigenvalue weighted by atomic mass is 9.62. The van der Waals surface area contributed by atoms with Crippen LogP contribution in [-0.2, 0) is 31.0 Å². The normalized spacial score (nSPS) is 25.0. The molecule has 0 bridgehead atoms. The van der Waals surface area contributed by atoms with E-state index in [-0.39, 0.29) is 17.5 Å². The van der Waals surface area contributed by atoms with Crippen LogP contribution in [0.25, 0.3) is 0 Å². The highest BCUT2D eigenvalue weighted by molar-refractivity contribution is 6.24. The number of ether oxygens (including phenoxy) is 1.